The standard InChI is InChI=1S/C11H28N2OSi/c1-9(13-10(2,3)4)12-8-14-15-11(5,6)7/h9,12-13H,8,15H2,1-7H3. The van der Waals surface area contributed by atoms with Gasteiger partial charge in [-0.2, -0.15) is 0 Å². The Bertz CT molecular complexity index is 172. The summed E-state index contributed by atoms with van der Waals surface area (Å²) in [5.74, 6) is 0. The van der Waals surface area contributed by atoms with Gasteiger partial charge in [0.1, 0.15) is 0 Å². The minimum Gasteiger partial charge on any atom is -0.411 e. The van der Waals surface area contributed by atoms with Crippen molar-refractivity contribution in [3.05, 3.63) is 0 Å². The van der Waals surface area contributed by atoms with E-state index >= 15 is 0 Å². The van der Waals surface area contributed by atoms with Gasteiger partial charge in [-0.25, -0.2) is 0 Å². The van der Waals surface area contributed by atoms with Crippen LogP contribution in [0, 0.1) is 0 Å². The Morgan fingerprint density at radius 1 is 1.13 bits per heavy atom. The highest BCUT2D eigenvalue weighted by Crippen LogP contribution is 2.19. The van der Waals surface area contributed by atoms with Crippen LogP contribution in [0.15, 0.2) is 0 Å². The Morgan fingerprint density at radius 2 is 1.67 bits per heavy atom. The first-order valence-corrected chi connectivity index (χ1v) is 6.97. The molecule has 0 amide bonds. The third-order valence-corrected chi connectivity index (χ3v) is 2.95. The summed E-state index contributed by atoms with van der Waals surface area (Å²) < 4.78 is 5.67. The first kappa shape index (κ1) is 15.1. The van der Waals surface area contributed by atoms with Crippen molar-refractivity contribution in [2.24, 2.45) is 0 Å². The van der Waals surface area contributed by atoms with E-state index in [9.17, 15) is 0 Å². The van der Waals surface area contributed by atoms with Crippen molar-refractivity contribution in [2.45, 2.75) is 65.2 Å². The number of hydrogen-bond acceptors (Lipinski definition) is 3. The van der Waals surface area contributed by atoms with Crippen molar-refractivity contribution in [1.29, 1.82) is 0 Å². The molecule has 2 N–H and O–H groups in total. The van der Waals surface area contributed by atoms with Gasteiger partial charge in [-0.1, -0.05) is 20.8 Å². The lowest BCUT2D eigenvalue weighted by molar-refractivity contribution is 0.235. The highest BCUT2D eigenvalue weighted by Gasteiger charge is 2.14. The van der Waals surface area contributed by atoms with Crippen LogP contribution in [-0.4, -0.2) is 28.2 Å². The highest BCUT2D eigenvalue weighted by molar-refractivity contribution is 6.31. The van der Waals surface area contributed by atoms with E-state index in [1.807, 2.05) is 0 Å². The molecule has 0 radical (unpaired) electrons. The van der Waals surface area contributed by atoms with Gasteiger partial charge in [-0.05, 0) is 32.7 Å². The molecule has 3 nitrogen and oxygen atoms in total. The van der Waals surface area contributed by atoms with Crippen molar-refractivity contribution < 1.29 is 4.43 Å². The molecular formula is C11H28N2OSi. The third kappa shape index (κ3) is 12.0. The molecule has 1 atom stereocenters. The van der Waals surface area contributed by atoms with E-state index in [2.05, 4.69) is 59.1 Å². The smallest absolute Gasteiger partial charge is 0.168 e. The molecule has 0 saturated carbocycles. The summed E-state index contributed by atoms with van der Waals surface area (Å²) in [4.78, 5) is 0. The minimum absolute atomic E-state index is 0.147. The summed E-state index contributed by atoms with van der Waals surface area (Å²) in [6, 6.07) is 0. The van der Waals surface area contributed by atoms with Crippen molar-refractivity contribution in [3.63, 3.8) is 0 Å². The van der Waals surface area contributed by atoms with Gasteiger partial charge in [0.15, 0.2) is 9.76 Å². The van der Waals surface area contributed by atoms with E-state index in [-0.39, 0.29) is 5.54 Å². The lowest BCUT2D eigenvalue weighted by atomic mass is 10.1. The van der Waals surface area contributed by atoms with Gasteiger partial charge in [0.2, 0.25) is 0 Å². The SMILES string of the molecule is CC(NCO[SiH2]C(C)(C)C)NC(C)(C)C. The van der Waals surface area contributed by atoms with Crippen LogP contribution in [0.1, 0.15) is 48.5 Å². The van der Waals surface area contributed by atoms with Gasteiger partial charge >= 0.3 is 0 Å². The van der Waals surface area contributed by atoms with Crippen molar-refractivity contribution in [1.82, 2.24) is 10.6 Å². The zero-order chi connectivity index (χ0) is 12.1. The maximum Gasteiger partial charge on any atom is 0.168 e. The van der Waals surface area contributed by atoms with Crippen LogP contribution in [-0.2, 0) is 4.43 Å². The molecule has 0 rings (SSSR count). The van der Waals surface area contributed by atoms with E-state index < -0.39 is 9.76 Å². The fourth-order valence-electron chi connectivity index (χ4n) is 1.24. The Balaban J connectivity index is 3.52. The molecule has 0 spiro atoms. The predicted octanol–water partition coefficient (Wildman–Crippen LogP) is 1.59. The van der Waals surface area contributed by atoms with Gasteiger partial charge < -0.3 is 4.43 Å². The average molecular weight is 232 g/mol. The minimum atomic E-state index is -0.425. The molecule has 0 aromatic carbocycles. The quantitative estimate of drug-likeness (QED) is 0.429. The second kappa shape index (κ2) is 5.99. The van der Waals surface area contributed by atoms with Crippen LogP contribution in [0.25, 0.3) is 0 Å². The van der Waals surface area contributed by atoms with E-state index in [4.69, 9.17) is 4.43 Å². The summed E-state index contributed by atoms with van der Waals surface area (Å²) in [7, 11) is -0.425. The third-order valence-electron chi connectivity index (χ3n) is 1.68. The monoisotopic (exact) mass is 232 g/mol. The molecule has 0 saturated heterocycles. The predicted molar refractivity (Wildman–Crippen MR) is 69.7 cm³/mol. The number of nitrogens with one attached hydrogen (secondary N) is 2. The van der Waals surface area contributed by atoms with Crippen LogP contribution in [0.5, 0.6) is 0 Å². The van der Waals surface area contributed by atoms with Crippen LogP contribution in [0.3, 0.4) is 0 Å². The summed E-state index contributed by atoms with van der Waals surface area (Å²) in [6.45, 7) is 16.0. The second-order valence-electron chi connectivity index (χ2n) is 6.37. The van der Waals surface area contributed by atoms with Crippen LogP contribution in [0.4, 0.5) is 0 Å². The molecule has 0 bridgehead atoms. The van der Waals surface area contributed by atoms with E-state index in [1.54, 1.807) is 0 Å². The molecule has 92 valence electrons. The summed E-state index contributed by atoms with van der Waals surface area (Å²) in [5, 5.41) is 7.13. The highest BCUT2D eigenvalue weighted by atomic mass is 28.2. The Labute approximate surface area is 97.3 Å². The molecule has 0 fully saturated rings. The second-order valence-corrected chi connectivity index (χ2v) is 9.19. The van der Waals surface area contributed by atoms with Gasteiger partial charge in [-0.3, -0.25) is 10.6 Å². The van der Waals surface area contributed by atoms with Crippen LogP contribution >= 0.6 is 0 Å². The zero-order valence-corrected chi connectivity index (χ0v) is 12.8. The molecule has 0 aromatic heterocycles. The molecular weight excluding hydrogens is 204 g/mol. The number of rotatable bonds is 5. The lowest BCUT2D eigenvalue weighted by Gasteiger charge is -2.27. The van der Waals surface area contributed by atoms with Gasteiger partial charge in [0, 0.05) is 5.54 Å². The van der Waals surface area contributed by atoms with E-state index in [1.165, 1.54) is 0 Å². The Hall–Kier alpha value is 0.0969. The first-order valence-electron chi connectivity index (χ1n) is 5.69. The maximum absolute atomic E-state index is 5.67. The fraction of sp³-hybridized carbons (Fsp3) is 1.00. The molecule has 0 aliphatic carbocycles. The lowest BCUT2D eigenvalue weighted by Crippen LogP contribution is -2.50. The normalized spacial score (nSPS) is 16.2. The molecule has 0 aliphatic heterocycles. The largest absolute Gasteiger partial charge is 0.411 e. The molecule has 0 aromatic rings. The zero-order valence-electron chi connectivity index (χ0n) is 11.4. The Kier molecular flexibility index (Phi) is 6.03. The van der Waals surface area contributed by atoms with Crippen LogP contribution in [0.2, 0.25) is 5.04 Å². The summed E-state index contributed by atoms with van der Waals surface area (Å²) >= 11 is 0. The van der Waals surface area contributed by atoms with Crippen molar-refractivity contribution >= 4 is 9.76 Å². The average Bonchev–Trinajstić information content (AvgIpc) is 1.92. The van der Waals surface area contributed by atoms with Gasteiger partial charge in [0.05, 0.1) is 12.9 Å². The van der Waals surface area contributed by atoms with E-state index in [0.717, 1.165) is 0 Å². The fourth-order valence-corrected chi connectivity index (χ4v) is 2.07. The summed E-state index contributed by atoms with van der Waals surface area (Å²) in [6.07, 6.45) is 0.291. The van der Waals surface area contributed by atoms with Crippen LogP contribution < -0.4 is 10.6 Å². The summed E-state index contributed by atoms with van der Waals surface area (Å²) in [5.41, 5.74) is 0.147. The van der Waals surface area contributed by atoms with Gasteiger partial charge in [0.25, 0.3) is 0 Å². The maximum atomic E-state index is 5.67. The van der Waals surface area contributed by atoms with Crippen molar-refractivity contribution in [2.75, 3.05) is 6.73 Å². The molecule has 15 heavy (non-hydrogen) atoms. The molecule has 0 aliphatic rings. The molecule has 0 heterocycles. The van der Waals surface area contributed by atoms with E-state index in [0.29, 0.717) is 17.9 Å². The molecule has 1 unspecified atom stereocenters. The molecule has 4 heteroatoms. The topological polar surface area (TPSA) is 33.3 Å². The first-order chi connectivity index (χ1) is 6.60. The Morgan fingerprint density at radius 3 is 2.07 bits per heavy atom. The van der Waals surface area contributed by atoms with Crippen molar-refractivity contribution in [3.8, 4) is 0 Å². The number of hydrogen-bond donors (Lipinski definition) is 2. The van der Waals surface area contributed by atoms with Gasteiger partial charge in [-0.15, -0.1) is 0 Å².